The van der Waals surface area contributed by atoms with Gasteiger partial charge in [-0.2, -0.15) is 0 Å². The van der Waals surface area contributed by atoms with Crippen molar-refractivity contribution < 1.29 is 17.6 Å². The van der Waals surface area contributed by atoms with Crippen molar-refractivity contribution in [3.05, 3.63) is 29.7 Å². The average Bonchev–Trinajstić information content (AvgIpc) is 2.89. The second-order valence-electron chi connectivity index (χ2n) is 6.40. The van der Waals surface area contributed by atoms with Crippen LogP contribution in [0.2, 0.25) is 0 Å². The molecule has 0 aromatic carbocycles. The number of rotatable bonds is 4. The molecule has 120 valence electrons. The van der Waals surface area contributed by atoms with Crippen LogP contribution in [0.3, 0.4) is 0 Å². The first-order valence-electron chi connectivity index (χ1n) is 7.61. The summed E-state index contributed by atoms with van der Waals surface area (Å²) in [6.45, 7) is 2.19. The molecule has 3 atom stereocenters. The Morgan fingerprint density at radius 1 is 1.41 bits per heavy atom. The fourth-order valence-corrected chi connectivity index (χ4v) is 4.68. The molecule has 1 aliphatic carbocycles. The second kappa shape index (κ2) is 5.57. The van der Waals surface area contributed by atoms with E-state index in [1.165, 1.54) is 11.0 Å². The molecule has 1 saturated carbocycles. The molecule has 0 N–H and O–H groups in total. The zero-order valence-corrected chi connectivity index (χ0v) is 13.7. The first-order chi connectivity index (χ1) is 10.4. The number of furan rings is 1. The van der Waals surface area contributed by atoms with Crippen LogP contribution in [-0.4, -0.2) is 43.8 Å². The van der Waals surface area contributed by atoms with Gasteiger partial charge in [-0.1, -0.05) is 6.92 Å². The van der Waals surface area contributed by atoms with Gasteiger partial charge in [0.25, 0.3) is 0 Å². The number of sulfone groups is 1. The summed E-state index contributed by atoms with van der Waals surface area (Å²) in [5, 5.41) is 0. The van der Waals surface area contributed by atoms with Crippen molar-refractivity contribution in [2.45, 2.75) is 31.7 Å². The normalized spacial score (nSPS) is 29.8. The molecule has 3 unspecified atom stereocenters. The molecule has 1 saturated heterocycles. The van der Waals surface area contributed by atoms with Crippen LogP contribution in [0.4, 0.5) is 0 Å². The molecule has 0 radical (unpaired) electrons. The molecule has 3 rings (SSSR count). The average molecular weight is 323 g/mol. The summed E-state index contributed by atoms with van der Waals surface area (Å²) in [5.41, 5.74) is 0. The van der Waals surface area contributed by atoms with E-state index < -0.39 is 9.84 Å². The Hall–Kier alpha value is -1.56. The van der Waals surface area contributed by atoms with Crippen LogP contribution in [0, 0.1) is 5.92 Å². The van der Waals surface area contributed by atoms with Gasteiger partial charge in [0.1, 0.15) is 11.5 Å². The van der Waals surface area contributed by atoms with E-state index >= 15 is 0 Å². The van der Waals surface area contributed by atoms with Gasteiger partial charge in [-0.3, -0.25) is 4.79 Å². The third-order valence-electron chi connectivity index (χ3n) is 4.62. The fourth-order valence-electron chi connectivity index (χ4n) is 2.91. The van der Waals surface area contributed by atoms with E-state index in [-0.39, 0.29) is 23.5 Å². The first kappa shape index (κ1) is 15.3. The lowest BCUT2D eigenvalue weighted by Gasteiger charge is -2.21. The number of nitrogens with zero attached hydrogens (tertiary/aromatic N) is 1. The quantitative estimate of drug-likeness (QED) is 0.796. The zero-order valence-electron chi connectivity index (χ0n) is 12.9. The van der Waals surface area contributed by atoms with E-state index in [2.05, 4.69) is 6.92 Å². The highest BCUT2D eigenvalue weighted by Crippen LogP contribution is 2.47. The van der Waals surface area contributed by atoms with E-state index in [4.69, 9.17) is 4.42 Å². The van der Waals surface area contributed by atoms with Gasteiger partial charge in [-0.15, -0.1) is 0 Å². The molecule has 2 aliphatic rings. The molecule has 22 heavy (non-hydrogen) atoms. The highest BCUT2D eigenvalue weighted by Gasteiger charge is 2.36. The Balaban J connectivity index is 1.60. The minimum absolute atomic E-state index is 0.0630. The smallest absolute Gasteiger partial charge is 0.246 e. The summed E-state index contributed by atoms with van der Waals surface area (Å²) < 4.78 is 28.7. The standard InChI is InChI=1S/C16H21NO4S/c1-11-9-14(11)15-5-3-13(21-15)4-6-16(18)17(2)12-7-8-22(19,20)10-12/h3-6,11-12,14H,7-10H2,1-2H3. The van der Waals surface area contributed by atoms with E-state index in [1.54, 1.807) is 13.1 Å². The lowest BCUT2D eigenvalue weighted by molar-refractivity contribution is -0.126. The van der Waals surface area contributed by atoms with Crippen LogP contribution in [0.15, 0.2) is 22.6 Å². The molecular formula is C16H21NO4S. The highest BCUT2D eigenvalue weighted by atomic mass is 32.2. The number of hydrogen-bond acceptors (Lipinski definition) is 4. The molecular weight excluding hydrogens is 302 g/mol. The molecule has 1 aromatic heterocycles. The SMILES string of the molecule is CC1CC1c1ccc(C=CC(=O)N(C)C2CCS(=O)(=O)C2)o1. The van der Waals surface area contributed by atoms with E-state index in [0.29, 0.717) is 24.0 Å². The Bertz CT molecular complexity index is 703. The van der Waals surface area contributed by atoms with E-state index in [0.717, 1.165) is 12.2 Å². The van der Waals surface area contributed by atoms with Crippen LogP contribution >= 0.6 is 0 Å². The molecule has 6 heteroatoms. The minimum atomic E-state index is -2.98. The van der Waals surface area contributed by atoms with Crippen molar-refractivity contribution in [2.75, 3.05) is 18.6 Å². The van der Waals surface area contributed by atoms with Crippen molar-refractivity contribution in [3.63, 3.8) is 0 Å². The van der Waals surface area contributed by atoms with Crippen LogP contribution in [-0.2, 0) is 14.6 Å². The number of likely N-dealkylation sites (N-methyl/N-ethyl adjacent to an activating group) is 1. The van der Waals surface area contributed by atoms with Crippen molar-refractivity contribution in [3.8, 4) is 0 Å². The van der Waals surface area contributed by atoms with Gasteiger partial charge in [-0.25, -0.2) is 8.42 Å². The summed E-state index contributed by atoms with van der Waals surface area (Å²) in [6.07, 6.45) is 4.78. The minimum Gasteiger partial charge on any atom is -0.461 e. The number of carbonyl (C=O) groups is 1. The van der Waals surface area contributed by atoms with Gasteiger partial charge in [0.2, 0.25) is 5.91 Å². The third-order valence-corrected chi connectivity index (χ3v) is 6.37. The van der Waals surface area contributed by atoms with E-state index in [1.807, 2.05) is 12.1 Å². The predicted molar refractivity (Wildman–Crippen MR) is 84.1 cm³/mol. The van der Waals surface area contributed by atoms with Crippen LogP contribution < -0.4 is 0 Å². The molecule has 1 aromatic rings. The summed E-state index contributed by atoms with van der Waals surface area (Å²) in [6, 6.07) is 3.61. The maximum atomic E-state index is 12.1. The number of hydrogen-bond donors (Lipinski definition) is 0. The Labute approximate surface area is 130 Å². The van der Waals surface area contributed by atoms with Crippen molar-refractivity contribution in [1.29, 1.82) is 0 Å². The maximum absolute atomic E-state index is 12.1. The molecule has 0 spiro atoms. The molecule has 2 heterocycles. The number of amides is 1. The zero-order chi connectivity index (χ0) is 15.9. The van der Waals surface area contributed by atoms with Gasteiger partial charge in [0.05, 0.1) is 11.5 Å². The van der Waals surface area contributed by atoms with Crippen molar-refractivity contribution >= 4 is 21.8 Å². The van der Waals surface area contributed by atoms with Gasteiger partial charge in [0, 0.05) is 25.1 Å². The third kappa shape index (κ3) is 3.27. The Morgan fingerprint density at radius 2 is 2.14 bits per heavy atom. The Kier molecular flexibility index (Phi) is 3.89. The molecule has 1 amide bonds. The second-order valence-corrected chi connectivity index (χ2v) is 8.63. The fraction of sp³-hybridized carbons (Fsp3) is 0.562. The summed E-state index contributed by atoms with van der Waals surface area (Å²) in [4.78, 5) is 13.6. The molecule has 1 aliphatic heterocycles. The van der Waals surface area contributed by atoms with Gasteiger partial charge < -0.3 is 9.32 Å². The van der Waals surface area contributed by atoms with Gasteiger partial charge in [-0.05, 0) is 37.0 Å². The topological polar surface area (TPSA) is 67.6 Å². The first-order valence-corrected chi connectivity index (χ1v) is 9.43. The van der Waals surface area contributed by atoms with Crippen LogP contribution in [0.5, 0.6) is 0 Å². The van der Waals surface area contributed by atoms with Gasteiger partial charge >= 0.3 is 0 Å². The van der Waals surface area contributed by atoms with E-state index in [9.17, 15) is 13.2 Å². The van der Waals surface area contributed by atoms with Crippen molar-refractivity contribution in [1.82, 2.24) is 4.90 Å². The van der Waals surface area contributed by atoms with Crippen molar-refractivity contribution in [2.24, 2.45) is 5.92 Å². The van der Waals surface area contributed by atoms with Gasteiger partial charge in [0.15, 0.2) is 9.84 Å². The summed E-state index contributed by atoms with van der Waals surface area (Å²) in [5.74, 6) is 2.88. The maximum Gasteiger partial charge on any atom is 0.246 e. The predicted octanol–water partition coefficient (Wildman–Crippen LogP) is 2.06. The highest BCUT2D eigenvalue weighted by molar-refractivity contribution is 7.91. The monoisotopic (exact) mass is 323 g/mol. The van der Waals surface area contributed by atoms with Crippen LogP contribution in [0.25, 0.3) is 6.08 Å². The largest absolute Gasteiger partial charge is 0.461 e. The lowest BCUT2D eigenvalue weighted by atomic mass is 10.2. The number of carbonyl (C=O) groups excluding carboxylic acids is 1. The summed E-state index contributed by atoms with van der Waals surface area (Å²) in [7, 11) is -1.33. The summed E-state index contributed by atoms with van der Waals surface area (Å²) >= 11 is 0. The van der Waals surface area contributed by atoms with Crippen LogP contribution in [0.1, 0.15) is 37.2 Å². The molecule has 2 fully saturated rings. The molecule has 0 bridgehead atoms. The lowest BCUT2D eigenvalue weighted by Crippen LogP contribution is -2.36. The Morgan fingerprint density at radius 3 is 2.73 bits per heavy atom. The molecule has 5 nitrogen and oxygen atoms in total.